The fourth-order valence-corrected chi connectivity index (χ4v) is 2.91. The van der Waals surface area contributed by atoms with Gasteiger partial charge in [-0.15, -0.1) is 5.10 Å². The van der Waals surface area contributed by atoms with E-state index in [9.17, 15) is 9.18 Å². The molecular weight excluding hydrogens is 403 g/mol. The molecule has 4 rings (SSSR count). The molecule has 0 fully saturated rings. The van der Waals surface area contributed by atoms with Gasteiger partial charge in [-0.3, -0.25) is 4.98 Å². The quantitative estimate of drug-likeness (QED) is 0.550. The van der Waals surface area contributed by atoms with Crippen LogP contribution < -0.4 is 11.4 Å². The van der Waals surface area contributed by atoms with Gasteiger partial charge in [-0.2, -0.15) is 0 Å². The lowest BCUT2D eigenvalue weighted by Gasteiger charge is -2.06. The maximum atomic E-state index is 13.1. The summed E-state index contributed by atoms with van der Waals surface area (Å²) >= 11 is 3.28. The van der Waals surface area contributed by atoms with Gasteiger partial charge in [0.25, 0.3) is 0 Å². The van der Waals surface area contributed by atoms with Crippen molar-refractivity contribution in [1.29, 1.82) is 0 Å². The number of halogens is 2. The molecule has 0 saturated carbocycles. The van der Waals surface area contributed by atoms with Crippen molar-refractivity contribution in [3.8, 4) is 11.3 Å². The summed E-state index contributed by atoms with van der Waals surface area (Å²) in [5, 5.41) is 4.21. The Balaban J connectivity index is 1.95. The van der Waals surface area contributed by atoms with Crippen molar-refractivity contribution in [2.75, 3.05) is 5.73 Å². The van der Waals surface area contributed by atoms with Crippen LogP contribution in [0, 0.1) is 5.82 Å². The van der Waals surface area contributed by atoms with Gasteiger partial charge in [0.2, 0.25) is 5.95 Å². The van der Waals surface area contributed by atoms with Gasteiger partial charge in [0.15, 0.2) is 5.65 Å². The number of aromatic nitrogens is 5. The average molecular weight is 420 g/mol. The van der Waals surface area contributed by atoms with Crippen molar-refractivity contribution in [2.45, 2.75) is 6.54 Å². The number of hydrogen-bond acceptors (Lipinski definition) is 5. The van der Waals surface area contributed by atoms with Crippen molar-refractivity contribution in [1.82, 2.24) is 24.1 Å². The van der Waals surface area contributed by atoms with Crippen LogP contribution >= 0.6 is 15.9 Å². The zero-order valence-electron chi connectivity index (χ0n) is 17.9. The third-order valence-electron chi connectivity index (χ3n) is 3.54. The molecule has 0 spiro atoms. The van der Waals surface area contributed by atoms with E-state index in [1.165, 1.54) is 12.1 Å². The zero-order valence-corrected chi connectivity index (χ0v) is 14.5. The Kier molecular flexibility index (Phi) is 2.81. The lowest BCUT2D eigenvalue weighted by Crippen LogP contribution is -2.24. The monoisotopic (exact) mass is 419 g/mol. The topological polar surface area (TPSA) is 91.1 Å². The van der Waals surface area contributed by atoms with Gasteiger partial charge >= 0.3 is 5.69 Å². The highest BCUT2D eigenvalue weighted by molar-refractivity contribution is 9.10. The molecule has 0 radical (unpaired) electrons. The van der Waals surface area contributed by atoms with Crippen LogP contribution in [0.4, 0.5) is 10.3 Å². The first kappa shape index (κ1) is 11.5. The lowest BCUT2D eigenvalue weighted by atomic mass is 10.1. The van der Waals surface area contributed by atoms with Crippen LogP contribution in [0.15, 0.2) is 57.8 Å². The number of pyridine rings is 1. The third-order valence-corrected chi connectivity index (χ3v) is 4.27. The van der Waals surface area contributed by atoms with Crippen LogP contribution in [-0.4, -0.2) is 24.1 Å². The Morgan fingerprint density at radius 3 is 2.73 bits per heavy atom. The van der Waals surface area contributed by atoms with Crippen LogP contribution in [-0.2, 0) is 6.54 Å². The molecule has 0 saturated heterocycles. The Morgan fingerprint density at radius 1 is 1.27 bits per heavy atom. The number of nitrogens with two attached hydrogens (primary N) is 1. The standard InChI is InChI=1S/C17H12BrFN6O/c18-13-14(10-4-2-1-3-5-10)22-16(20)25-15(13)23-24(17(25)26)9-12-7-6-11(19)8-21-12/h1-8H,9H2,(H2,20,22)/i1D,2D,3D,4D,5D. The van der Waals surface area contributed by atoms with E-state index in [1.807, 2.05) is 0 Å². The number of benzene rings is 1. The number of hydrogen-bond donors (Lipinski definition) is 1. The second-order valence-corrected chi connectivity index (χ2v) is 5.99. The van der Waals surface area contributed by atoms with E-state index < -0.39 is 41.7 Å². The summed E-state index contributed by atoms with van der Waals surface area (Å²) in [6.45, 7) is -0.0727. The second-order valence-electron chi connectivity index (χ2n) is 5.20. The van der Waals surface area contributed by atoms with Gasteiger partial charge in [0.05, 0.1) is 35.5 Å². The predicted molar refractivity (Wildman–Crippen MR) is 98.1 cm³/mol. The minimum absolute atomic E-state index is 0.0291. The van der Waals surface area contributed by atoms with Crippen LogP contribution in [0.3, 0.4) is 0 Å². The first-order valence-electron chi connectivity index (χ1n) is 9.74. The van der Waals surface area contributed by atoms with E-state index in [0.29, 0.717) is 5.69 Å². The molecule has 9 heteroatoms. The maximum Gasteiger partial charge on any atom is 0.353 e. The van der Waals surface area contributed by atoms with Gasteiger partial charge < -0.3 is 5.73 Å². The molecule has 3 heterocycles. The number of fused-ring (bicyclic) bond motifs is 1. The van der Waals surface area contributed by atoms with E-state index in [2.05, 4.69) is 31.0 Å². The summed E-state index contributed by atoms with van der Waals surface area (Å²) < 4.78 is 55.0. The van der Waals surface area contributed by atoms with E-state index in [-0.39, 0.29) is 33.9 Å². The molecule has 0 aliphatic carbocycles. The summed E-state index contributed by atoms with van der Waals surface area (Å²) in [4.78, 5) is 20.8. The number of rotatable bonds is 3. The molecule has 0 aliphatic rings. The summed E-state index contributed by atoms with van der Waals surface area (Å²) in [5.74, 6) is -0.811. The van der Waals surface area contributed by atoms with Crippen LogP contribution in [0.5, 0.6) is 0 Å². The molecule has 3 aromatic heterocycles. The van der Waals surface area contributed by atoms with E-state index in [0.717, 1.165) is 15.3 Å². The fourth-order valence-electron chi connectivity index (χ4n) is 2.37. The van der Waals surface area contributed by atoms with Gasteiger partial charge in [-0.25, -0.2) is 23.3 Å². The predicted octanol–water partition coefficient (Wildman–Crippen LogP) is 2.49. The normalized spacial score (nSPS) is 13.8. The van der Waals surface area contributed by atoms with Crippen molar-refractivity contribution in [3.63, 3.8) is 0 Å². The molecule has 1 aromatic carbocycles. The highest BCUT2D eigenvalue weighted by Gasteiger charge is 2.18. The van der Waals surface area contributed by atoms with Crippen molar-refractivity contribution in [3.05, 3.63) is 75.0 Å². The van der Waals surface area contributed by atoms with Gasteiger partial charge in [-0.05, 0) is 28.1 Å². The minimum atomic E-state index is -0.639. The Hall–Kier alpha value is -3.07. The van der Waals surface area contributed by atoms with Crippen LogP contribution in [0.2, 0.25) is 0 Å². The van der Waals surface area contributed by atoms with Crippen molar-refractivity contribution in [2.24, 2.45) is 0 Å². The largest absolute Gasteiger partial charge is 0.369 e. The molecule has 2 N–H and O–H groups in total. The highest BCUT2D eigenvalue weighted by atomic mass is 79.9. The number of nitrogen functional groups attached to an aromatic ring is 1. The van der Waals surface area contributed by atoms with Gasteiger partial charge in [0.1, 0.15) is 5.82 Å². The third kappa shape index (κ3) is 2.76. The Bertz CT molecular complexity index is 1390. The summed E-state index contributed by atoms with van der Waals surface area (Å²) in [6.07, 6.45) is 1.01. The summed E-state index contributed by atoms with van der Waals surface area (Å²) in [6, 6.07) is 0.0464. The second kappa shape index (κ2) is 6.34. The molecule has 0 bridgehead atoms. The first-order chi connectivity index (χ1) is 14.6. The van der Waals surface area contributed by atoms with E-state index in [4.69, 9.17) is 12.6 Å². The molecule has 4 aromatic rings. The van der Waals surface area contributed by atoms with E-state index >= 15 is 0 Å². The van der Waals surface area contributed by atoms with Crippen molar-refractivity contribution < 1.29 is 11.2 Å². The Labute approximate surface area is 162 Å². The van der Waals surface area contributed by atoms with Gasteiger partial charge in [-0.1, -0.05) is 30.2 Å². The smallest absolute Gasteiger partial charge is 0.353 e. The SMILES string of the molecule is [2H]c1c([2H])c([2H])c(-c2nc(N)n3c(=O)n(Cc4ccc(F)cn4)nc3c2Br)c([2H])c1[2H]. The molecule has 0 aliphatic heterocycles. The molecule has 130 valence electrons. The lowest BCUT2D eigenvalue weighted by molar-refractivity contribution is 0.609. The van der Waals surface area contributed by atoms with Crippen molar-refractivity contribution >= 4 is 27.5 Å². The summed E-state index contributed by atoms with van der Waals surface area (Å²) in [5.41, 5.74) is 5.48. The van der Waals surface area contributed by atoms with Crippen LogP contribution in [0.1, 0.15) is 12.5 Å². The van der Waals surface area contributed by atoms with Crippen LogP contribution in [0.25, 0.3) is 16.9 Å². The molecule has 7 nitrogen and oxygen atoms in total. The maximum absolute atomic E-state index is 13.1. The van der Waals surface area contributed by atoms with Gasteiger partial charge in [0, 0.05) is 5.56 Å². The van der Waals surface area contributed by atoms with E-state index in [1.54, 1.807) is 0 Å². The molecule has 0 atom stereocenters. The minimum Gasteiger partial charge on any atom is -0.369 e. The zero-order chi connectivity index (χ0) is 22.6. The first-order valence-corrected chi connectivity index (χ1v) is 8.03. The number of anilines is 1. The summed E-state index contributed by atoms with van der Waals surface area (Å²) in [7, 11) is 0. The molecule has 0 unspecified atom stereocenters. The average Bonchev–Trinajstić information content (AvgIpc) is 3.07. The Morgan fingerprint density at radius 2 is 2.04 bits per heavy atom. The molecule has 26 heavy (non-hydrogen) atoms. The molecule has 0 amide bonds. The number of nitrogens with zero attached hydrogens (tertiary/aromatic N) is 5. The highest BCUT2D eigenvalue weighted by Crippen LogP contribution is 2.29. The molecular formula is C17H12BrFN6O. The fraction of sp³-hybridized carbons (Fsp3) is 0.0588.